The summed E-state index contributed by atoms with van der Waals surface area (Å²) in [6.45, 7) is 2.72. The highest BCUT2D eigenvalue weighted by molar-refractivity contribution is 5.50. The van der Waals surface area contributed by atoms with Gasteiger partial charge >= 0.3 is 0 Å². The summed E-state index contributed by atoms with van der Waals surface area (Å²) in [4.78, 5) is 0. The Morgan fingerprint density at radius 3 is 2.40 bits per heavy atom. The summed E-state index contributed by atoms with van der Waals surface area (Å²) in [5.74, 6) is 1.80. The summed E-state index contributed by atoms with van der Waals surface area (Å²) < 4.78 is 10.7. The lowest BCUT2D eigenvalue weighted by atomic mass is 10.0. The van der Waals surface area contributed by atoms with E-state index in [0.29, 0.717) is 6.54 Å². The van der Waals surface area contributed by atoms with Crippen LogP contribution in [0.1, 0.15) is 18.1 Å². The maximum atomic E-state index is 5.56. The van der Waals surface area contributed by atoms with Gasteiger partial charge in [-0.1, -0.05) is 13.0 Å². The van der Waals surface area contributed by atoms with E-state index in [1.807, 2.05) is 12.1 Å². The first-order valence-electron chi connectivity index (χ1n) is 5.21. The number of benzene rings is 1. The SMILES string of the molecule is CCc1c(OC)ccc(CCN)c1OC. The first-order chi connectivity index (χ1) is 7.28. The van der Waals surface area contributed by atoms with Gasteiger partial charge in [0, 0.05) is 5.56 Å². The number of hydrogen-bond acceptors (Lipinski definition) is 3. The van der Waals surface area contributed by atoms with Crippen LogP contribution in [0.3, 0.4) is 0 Å². The highest BCUT2D eigenvalue weighted by atomic mass is 16.5. The fourth-order valence-electron chi connectivity index (χ4n) is 1.79. The largest absolute Gasteiger partial charge is 0.496 e. The molecule has 0 saturated carbocycles. The van der Waals surface area contributed by atoms with E-state index in [2.05, 4.69) is 6.92 Å². The Hall–Kier alpha value is -1.22. The standard InChI is InChI=1S/C12H19NO2/c1-4-10-11(14-2)6-5-9(7-8-13)12(10)15-3/h5-6H,4,7-8,13H2,1-3H3. The van der Waals surface area contributed by atoms with Crippen LogP contribution in [0, 0.1) is 0 Å². The Labute approximate surface area is 91.2 Å². The van der Waals surface area contributed by atoms with Crippen LogP contribution in [-0.2, 0) is 12.8 Å². The van der Waals surface area contributed by atoms with Crippen molar-refractivity contribution in [3.8, 4) is 11.5 Å². The van der Waals surface area contributed by atoms with Gasteiger partial charge in [0.2, 0.25) is 0 Å². The van der Waals surface area contributed by atoms with Gasteiger partial charge in [0.15, 0.2) is 0 Å². The van der Waals surface area contributed by atoms with Gasteiger partial charge in [0.1, 0.15) is 11.5 Å². The predicted molar refractivity (Wildman–Crippen MR) is 61.7 cm³/mol. The van der Waals surface area contributed by atoms with Gasteiger partial charge in [-0.15, -0.1) is 0 Å². The van der Waals surface area contributed by atoms with Crippen LogP contribution >= 0.6 is 0 Å². The van der Waals surface area contributed by atoms with Crippen molar-refractivity contribution >= 4 is 0 Å². The van der Waals surface area contributed by atoms with E-state index >= 15 is 0 Å². The van der Waals surface area contributed by atoms with Crippen molar-refractivity contribution in [3.63, 3.8) is 0 Å². The van der Waals surface area contributed by atoms with Crippen molar-refractivity contribution in [2.24, 2.45) is 5.73 Å². The fourth-order valence-corrected chi connectivity index (χ4v) is 1.79. The summed E-state index contributed by atoms with van der Waals surface area (Å²) in [5.41, 5.74) is 7.83. The molecule has 0 saturated heterocycles. The minimum Gasteiger partial charge on any atom is -0.496 e. The lowest BCUT2D eigenvalue weighted by molar-refractivity contribution is 0.383. The molecule has 0 spiro atoms. The van der Waals surface area contributed by atoms with Gasteiger partial charge in [-0.3, -0.25) is 0 Å². The van der Waals surface area contributed by atoms with Crippen molar-refractivity contribution < 1.29 is 9.47 Å². The average molecular weight is 209 g/mol. The molecule has 0 fully saturated rings. The number of hydrogen-bond donors (Lipinski definition) is 1. The third-order valence-electron chi connectivity index (χ3n) is 2.49. The third kappa shape index (κ3) is 2.42. The van der Waals surface area contributed by atoms with Gasteiger partial charge in [0.05, 0.1) is 14.2 Å². The van der Waals surface area contributed by atoms with E-state index < -0.39 is 0 Å². The summed E-state index contributed by atoms with van der Waals surface area (Å²) >= 11 is 0. The summed E-state index contributed by atoms with van der Waals surface area (Å²) in [7, 11) is 3.37. The van der Waals surface area contributed by atoms with Crippen molar-refractivity contribution in [2.45, 2.75) is 19.8 Å². The molecule has 2 N–H and O–H groups in total. The van der Waals surface area contributed by atoms with Crippen LogP contribution in [-0.4, -0.2) is 20.8 Å². The molecular weight excluding hydrogens is 190 g/mol. The molecule has 1 aromatic rings. The molecular formula is C12H19NO2. The van der Waals surface area contributed by atoms with Gasteiger partial charge in [-0.05, 0) is 31.0 Å². The fraction of sp³-hybridized carbons (Fsp3) is 0.500. The van der Waals surface area contributed by atoms with Crippen LogP contribution in [0.15, 0.2) is 12.1 Å². The van der Waals surface area contributed by atoms with Gasteiger partial charge in [0.25, 0.3) is 0 Å². The van der Waals surface area contributed by atoms with Crippen LogP contribution in [0.4, 0.5) is 0 Å². The minimum absolute atomic E-state index is 0.631. The molecule has 0 aliphatic heterocycles. The van der Waals surface area contributed by atoms with Crippen molar-refractivity contribution in [2.75, 3.05) is 20.8 Å². The number of nitrogens with two attached hydrogens (primary N) is 1. The second-order valence-corrected chi connectivity index (χ2v) is 3.33. The first kappa shape index (κ1) is 11.9. The molecule has 0 atom stereocenters. The number of rotatable bonds is 5. The van der Waals surface area contributed by atoms with Gasteiger partial charge in [-0.2, -0.15) is 0 Å². The Balaban J connectivity index is 3.21. The monoisotopic (exact) mass is 209 g/mol. The lowest BCUT2D eigenvalue weighted by Crippen LogP contribution is -2.06. The molecule has 3 nitrogen and oxygen atoms in total. The Morgan fingerprint density at radius 1 is 1.20 bits per heavy atom. The molecule has 15 heavy (non-hydrogen) atoms. The molecule has 3 heteroatoms. The average Bonchev–Trinajstić information content (AvgIpc) is 2.28. The zero-order chi connectivity index (χ0) is 11.3. The molecule has 0 aliphatic carbocycles. The molecule has 0 aromatic heterocycles. The summed E-state index contributed by atoms with van der Waals surface area (Å²) in [6.07, 6.45) is 1.73. The smallest absolute Gasteiger partial charge is 0.128 e. The van der Waals surface area contributed by atoms with E-state index in [9.17, 15) is 0 Å². The molecule has 0 bridgehead atoms. The highest BCUT2D eigenvalue weighted by Crippen LogP contribution is 2.32. The molecule has 1 rings (SSSR count). The maximum absolute atomic E-state index is 5.56. The molecule has 0 radical (unpaired) electrons. The van der Waals surface area contributed by atoms with Crippen molar-refractivity contribution in [3.05, 3.63) is 23.3 Å². The Kier molecular flexibility index (Phi) is 4.43. The molecule has 0 unspecified atom stereocenters. The summed E-state index contributed by atoms with van der Waals surface area (Å²) in [5, 5.41) is 0. The Bertz CT molecular complexity index is 324. The van der Waals surface area contributed by atoms with E-state index in [-0.39, 0.29) is 0 Å². The zero-order valence-electron chi connectivity index (χ0n) is 9.67. The second kappa shape index (κ2) is 5.61. The van der Waals surface area contributed by atoms with E-state index in [1.165, 1.54) is 0 Å². The predicted octanol–water partition coefficient (Wildman–Crippen LogP) is 1.77. The number of ether oxygens (including phenoxy) is 2. The third-order valence-corrected chi connectivity index (χ3v) is 2.49. The molecule has 1 aromatic carbocycles. The van der Waals surface area contributed by atoms with E-state index in [0.717, 1.165) is 35.5 Å². The second-order valence-electron chi connectivity index (χ2n) is 3.33. The Morgan fingerprint density at radius 2 is 1.93 bits per heavy atom. The van der Waals surface area contributed by atoms with Crippen LogP contribution < -0.4 is 15.2 Å². The highest BCUT2D eigenvalue weighted by Gasteiger charge is 2.12. The van der Waals surface area contributed by atoms with Crippen LogP contribution in [0.25, 0.3) is 0 Å². The maximum Gasteiger partial charge on any atom is 0.128 e. The van der Waals surface area contributed by atoms with Crippen LogP contribution in [0.2, 0.25) is 0 Å². The normalized spacial score (nSPS) is 10.1. The molecule has 84 valence electrons. The first-order valence-corrected chi connectivity index (χ1v) is 5.21. The van der Waals surface area contributed by atoms with Crippen molar-refractivity contribution in [1.29, 1.82) is 0 Å². The minimum atomic E-state index is 0.631. The van der Waals surface area contributed by atoms with Gasteiger partial charge < -0.3 is 15.2 Å². The molecule has 0 heterocycles. The molecule has 0 aliphatic rings. The van der Waals surface area contributed by atoms with Gasteiger partial charge in [-0.25, -0.2) is 0 Å². The summed E-state index contributed by atoms with van der Waals surface area (Å²) in [6, 6.07) is 4.00. The topological polar surface area (TPSA) is 44.5 Å². The number of methoxy groups -OCH3 is 2. The van der Waals surface area contributed by atoms with Crippen LogP contribution in [0.5, 0.6) is 11.5 Å². The van der Waals surface area contributed by atoms with E-state index in [4.69, 9.17) is 15.2 Å². The van der Waals surface area contributed by atoms with Crippen molar-refractivity contribution in [1.82, 2.24) is 0 Å². The molecule has 0 amide bonds. The lowest BCUT2D eigenvalue weighted by Gasteiger charge is -2.15. The van der Waals surface area contributed by atoms with E-state index in [1.54, 1.807) is 14.2 Å². The zero-order valence-corrected chi connectivity index (χ0v) is 9.67. The quantitative estimate of drug-likeness (QED) is 0.803.